The molecule has 3 saturated heterocycles. The number of amides is 2. The maximum absolute atomic E-state index is 12.4. The van der Waals surface area contributed by atoms with Crippen LogP contribution in [0.25, 0.3) is 0 Å². The summed E-state index contributed by atoms with van der Waals surface area (Å²) in [7, 11) is 0. The minimum Gasteiger partial charge on any atom is -0.450 e. The van der Waals surface area contributed by atoms with Gasteiger partial charge < -0.3 is 19.4 Å². The number of carbonyl (C=O) groups excluding carboxylic acids is 2. The SMILES string of the molecule is CCOC(=O)N1C2CCC1CC(N1CCC3(CCCN(C(C)=O)c4ccccc43)CC1)C2. The van der Waals surface area contributed by atoms with Crippen molar-refractivity contribution in [1.29, 1.82) is 0 Å². The predicted molar refractivity (Wildman–Crippen MR) is 125 cm³/mol. The second kappa shape index (κ2) is 8.69. The summed E-state index contributed by atoms with van der Waals surface area (Å²) in [5.74, 6) is 0.149. The van der Waals surface area contributed by atoms with Crippen molar-refractivity contribution < 1.29 is 14.3 Å². The Kier molecular flexibility index (Phi) is 5.91. The fourth-order valence-corrected chi connectivity index (χ4v) is 7.09. The van der Waals surface area contributed by atoms with E-state index in [1.54, 1.807) is 6.92 Å². The lowest BCUT2D eigenvalue weighted by molar-refractivity contribution is -0.116. The smallest absolute Gasteiger partial charge is 0.410 e. The maximum Gasteiger partial charge on any atom is 0.410 e. The lowest BCUT2D eigenvalue weighted by Gasteiger charge is -2.48. The quantitative estimate of drug-likeness (QED) is 0.689. The molecule has 4 aliphatic rings. The Bertz CT molecular complexity index is 850. The number of rotatable bonds is 2. The summed E-state index contributed by atoms with van der Waals surface area (Å²) in [6, 6.07) is 9.87. The molecule has 1 aromatic rings. The summed E-state index contributed by atoms with van der Waals surface area (Å²) in [5.41, 5.74) is 2.69. The number of carbonyl (C=O) groups is 2. The zero-order chi connectivity index (χ0) is 22.3. The highest BCUT2D eigenvalue weighted by molar-refractivity contribution is 5.92. The number of benzene rings is 1. The van der Waals surface area contributed by atoms with Crippen LogP contribution in [0.3, 0.4) is 0 Å². The van der Waals surface area contributed by atoms with Gasteiger partial charge in [0.25, 0.3) is 0 Å². The van der Waals surface area contributed by atoms with E-state index >= 15 is 0 Å². The fourth-order valence-electron chi connectivity index (χ4n) is 7.09. The minimum absolute atomic E-state index is 0.110. The van der Waals surface area contributed by atoms with Crippen LogP contribution in [0, 0.1) is 0 Å². The van der Waals surface area contributed by atoms with E-state index < -0.39 is 0 Å². The Morgan fingerprint density at radius 2 is 1.69 bits per heavy atom. The third-order valence-corrected chi connectivity index (χ3v) is 8.64. The molecule has 1 spiro atoms. The number of piperidine rings is 2. The molecule has 6 heteroatoms. The first-order valence-electron chi connectivity index (χ1n) is 12.6. The number of ether oxygens (including phenoxy) is 1. The predicted octanol–water partition coefficient (Wildman–Crippen LogP) is 4.32. The third kappa shape index (κ3) is 3.70. The van der Waals surface area contributed by atoms with Gasteiger partial charge in [-0.25, -0.2) is 4.79 Å². The monoisotopic (exact) mass is 439 g/mol. The van der Waals surface area contributed by atoms with Gasteiger partial charge >= 0.3 is 6.09 Å². The van der Waals surface area contributed by atoms with Crippen LogP contribution in [0.4, 0.5) is 10.5 Å². The Morgan fingerprint density at radius 1 is 1.00 bits per heavy atom. The van der Waals surface area contributed by atoms with E-state index in [2.05, 4.69) is 29.2 Å². The molecule has 3 fully saturated rings. The highest BCUT2D eigenvalue weighted by Crippen LogP contribution is 2.47. The van der Waals surface area contributed by atoms with Gasteiger partial charge in [0.15, 0.2) is 0 Å². The first kappa shape index (κ1) is 21.7. The van der Waals surface area contributed by atoms with Crippen LogP contribution < -0.4 is 4.90 Å². The summed E-state index contributed by atoms with van der Waals surface area (Å²) in [6.07, 6.45) is 8.82. The van der Waals surface area contributed by atoms with Crippen LogP contribution >= 0.6 is 0 Å². The molecule has 5 rings (SSSR count). The van der Waals surface area contributed by atoms with Gasteiger partial charge in [-0.1, -0.05) is 18.2 Å². The normalized spacial score (nSPS) is 29.5. The molecule has 1 aromatic carbocycles. The first-order chi connectivity index (χ1) is 15.5. The molecular weight excluding hydrogens is 402 g/mol. The highest BCUT2D eigenvalue weighted by Gasteiger charge is 2.47. The van der Waals surface area contributed by atoms with E-state index in [0.29, 0.717) is 24.7 Å². The number of hydrogen-bond acceptors (Lipinski definition) is 4. The summed E-state index contributed by atoms with van der Waals surface area (Å²) in [6.45, 7) is 7.07. The molecule has 6 nitrogen and oxygen atoms in total. The van der Waals surface area contributed by atoms with Gasteiger partial charge in [0.05, 0.1) is 6.61 Å². The topological polar surface area (TPSA) is 53.1 Å². The summed E-state index contributed by atoms with van der Waals surface area (Å²) in [4.78, 5) is 31.5. The summed E-state index contributed by atoms with van der Waals surface area (Å²) in [5, 5.41) is 0. The molecule has 0 aliphatic carbocycles. The standard InChI is InChI=1S/C26H37N3O3/c1-3-32-25(31)29-20-9-10-21(29)18-22(17-20)27-15-12-26(13-16-27)11-6-14-28(19(2)30)24-8-5-4-7-23(24)26/h4-5,7-8,20-22H,3,6,9-18H2,1-2H3. The number of fused-ring (bicyclic) bond motifs is 4. The zero-order valence-electron chi connectivity index (χ0n) is 19.6. The average Bonchev–Trinajstić information content (AvgIpc) is 2.97. The average molecular weight is 440 g/mol. The van der Waals surface area contributed by atoms with Crippen molar-refractivity contribution >= 4 is 17.7 Å². The second-order valence-corrected chi connectivity index (χ2v) is 10.2. The van der Waals surface area contributed by atoms with Crippen molar-refractivity contribution in [3.63, 3.8) is 0 Å². The molecular formula is C26H37N3O3. The van der Waals surface area contributed by atoms with Crippen molar-refractivity contribution in [2.45, 2.75) is 88.8 Å². The lowest BCUT2D eigenvalue weighted by atomic mass is 9.69. The van der Waals surface area contributed by atoms with E-state index in [9.17, 15) is 9.59 Å². The van der Waals surface area contributed by atoms with Crippen LogP contribution in [-0.2, 0) is 14.9 Å². The Balaban J connectivity index is 1.29. The zero-order valence-corrected chi connectivity index (χ0v) is 19.6. The number of anilines is 1. The van der Waals surface area contributed by atoms with Gasteiger partial charge in [-0.3, -0.25) is 4.79 Å². The molecule has 2 atom stereocenters. The number of para-hydroxylation sites is 1. The highest BCUT2D eigenvalue weighted by atomic mass is 16.6. The van der Waals surface area contributed by atoms with Gasteiger partial charge in [-0.2, -0.15) is 0 Å². The summed E-state index contributed by atoms with van der Waals surface area (Å²) < 4.78 is 5.33. The Morgan fingerprint density at radius 3 is 2.34 bits per heavy atom. The molecule has 4 heterocycles. The molecule has 2 amide bonds. The third-order valence-electron chi connectivity index (χ3n) is 8.64. The molecule has 0 saturated carbocycles. The van der Waals surface area contributed by atoms with Crippen LogP contribution in [0.5, 0.6) is 0 Å². The number of hydrogen-bond donors (Lipinski definition) is 0. The van der Waals surface area contributed by atoms with E-state index in [1.165, 1.54) is 5.56 Å². The van der Waals surface area contributed by atoms with Crippen LogP contribution in [0.15, 0.2) is 24.3 Å². The second-order valence-electron chi connectivity index (χ2n) is 10.2. The molecule has 0 radical (unpaired) electrons. The Hall–Kier alpha value is -2.08. The number of likely N-dealkylation sites (tertiary alicyclic amines) is 1. The van der Waals surface area contributed by atoms with Gasteiger partial charge in [-0.05, 0) is 88.4 Å². The molecule has 32 heavy (non-hydrogen) atoms. The van der Waals surface area contributed by atoms with Crippen molar-refractivity contribution in [3.05, 3.63) is 29.8 Å². The molecule has 2 bridgehead atoms. The molecule has 0 N–H and O–H groups in total. The van der Waals surface area contributed by atoms with Crippen molar-refractivity contribution in [2.24, 2.45) is 0 Å². The lowest BCUT2D eigenvalue weighted by Crippen LogP contribution is -2.55. The van der Waals surface area contributed by atoms with Gasteiger partial charge in [0, 0.05) is 37.3 Å². The molecule has 0 aromatic heterocycles. The first-order valence-corrected chi connectivity index (χ1v) is 12.6. The summed E-state index contributed by atoms with van der Waals surface area (Å²) >= 11 is 0. The molecule has 174 valence electrons. The fraction of sp³-hybridized carbons (Fsp3) is 0.692. The van der Waals surface area contributed by atoms with Gasteiger partial charge in [0.2, 0.25) is 5.91 Å². The largest absolute Gasteiger partial charge is 0.450 e. The minimum atomic E-state index is -0.110. The number of nitrogens with zero attached hydrogens (tertiary/aromatic N) is 3. The van der Waals surface area contributed by atoms with Crippen molar-refractivity contribution in [1.82, 2.24) is 9.80 Å². The van der Waals surface area contributed by atoms with E-state index in [0.717, 1.165) is 76.7 Å². The van der Waals surface area contributed by atoms with E-state index in [-0.39, 0.29) is 17.4 Å². The Labute approximate surface area is 191 Å². The van der Waals surface area contributed by atoms with E-state index in [1.807, 2.05) is 16.7 Å². The molecule has 2 unspecified atom stereocenters. The molecule has 4 aliphatic heterocycles. The van der Waals surface area contributed by atoms with Gasteiger partial charge in [-0.15, -0.1) is 0 Å². The van der Waals surface area contributed by atoms with Crippen molar-refractivity contribution in [3.8, 4) is 0 Å². The van der Waals surface area contributed by atoms with Crippen molar-refractivity contribution in [2.75, 3.05) is 31.1 Å². The van der Waals surface area contributed by atoms with E-state index in [4.69, 9.17) is 4.74 Å². The van der Waals surface area contributed by atoms with Crippen LogP contribution in [-0.4, -0.2) is 66.2 Å². The van der Waals surface area contributed by atoms with Gasteiger partial charge in [0.1, 0.15) is 0 Å². The van der Waals surface area contributed by atoms with Crippen LogP contribution in [0.1, 0.15) is 70.8 Å². The van der Waals surface area contributed by atoms with Crippen LogP contribution in [0.2, 0.25) is 0 Å². The maximum atomic E-state index is 12.4.